The number of nitrogens with one attached hydrogen (secondary N) is 2. The van der Waals surface area contributed by atoms with Gasteiger partial charge in [0.05, 0.1) is 23.5 Å². The quantitative estimate of drug-likeness (QED) is 0.0715. The van der Waals surface area contributed by atoms with Crippen molar-refractivity contribution in [1.29, 1.82) is 0 Å². The lowest BCUT2D eigenvalue weighted by Gasteiger charge is -2.58. The van der Waals surface area contributed by atoms with E-state index < -0.39 is 17.5 Å². The Morgan fingerprint density at radius 3 is 2.44 bits per heavy atom. The van der Waals surface area contributed by atoms with E-state index in [1.165, 1.54) is 6.92 Å². The second-order valence-electron chi connectivity index (χ2n) is 15.2. The molecule has 1 heterocycles. The number of oxime groups is 1. The largest absolute Gasteiger partial charge is 0.460 e. The Labute approximate surface area is 323 Å². The second kappa shape index (κ2) is 18.7. The first-order valence-electron chi connectivity index (χ1n) is 19.2. The molecule has 2 amide bonds. The van der Waals surface area contributed by atoms with Gasteiger partial charge < -0.3 is 39.9 Å². The number of thioether (sulfide) groups is 1. The molecule has 2 aliphatic carbocycles. The highest BCUT2D eigenvalue weighted by Gasteiger charge is 2.64. The van der Waals surface area contributed by atoms with Crippen LogP contribution in [-0.4, -0.2) is 70.9 Å². The molecule has 1 saturated carbocycles. The number of ether oxygens (including phenoxy) is 3. The summed E-state index contributed by atoms with van der Waals surface area (Å²) in [6, 6.07) is 13.3. The van der Waals surface area contributed by atoms with Crippen molar-refractivity contribution in [1.82, 2.24) is 5.32 Å². The van der Waals surface area contributed by atoms with Crippen molar-refractivity contribution < 1.29 is 38.9 Å². The van der Waals surface area contributed by atoms with E-state index in [-0.39, 0.29) is 54.6 Å². The molecule has 2 aromatic rings. The molecule has 4 N–H and O–H groups in total. The Bertz CT molecular complexity index is 1670. The average molecular weight is 764 g/mol. The van der Waals surface area contributed by atoms with Gasteiger partial charge in [-0.05, 0) is 113 Å². The molecule has 1 aliphatic heterocycles. The lowest BCUT2D eigenvalue weighted by molar-refractivity contribution is -0.223. The molecule has 0 radical (unpaired) electrons. The van der Waals surface area contributed by atoms with Gasteiger partial charge in [0, 0.05) is 55.2 Å². The molecule has 12 heteroatoms. The van der Waals surface area contributed by atoms with Crippen molar-refractivity contribution in [2.45, 2.75) is 107 Å². The van der Waals surface area contributed by atoms with Gasteiger partial charge in [-0.3, -0.25) is 4.79 Å². The summed E-state index contributed by atoms with van der Waals surface area (Å²) in [5.74, 6) is -0.521. The van der Waals surface area contributed by atoms with Gasteiger partial charge in [-0.1, -0.05) is 30.1 Å². The summed E-state index contributed by atoms with van der Waals surface area (Å²) in [6.07, 6.45) is 8.77. The van der Waals surface area contributed by atoms with Gasteiger partial charge in [0.2, 0.25) is 11.7 Å². The van der Waals surface area contributed by atoms with Gasteiger partial charge in [-0.25, -0.2) is 4.79 Å². The molecule has 2 aromatic carbocycles. The number of hydrogen-bond donors (Lipinski definition) is 4. The lowest BCUT2D eigenvalue weighted by Crippen LogP contribution is -2.64. The zero-order chi connectivity index (χ0) is 38.9. The number of aliphatic hydroxyl groups is 2. The van der Waals surface area contributed by atoms with Crippen LogP contribution in [0.3, 0.4) is 0 Å². The Hall–Kier alpha value is -3.84. The van der Waals surface area contributed by atoms with E-state index in [1.54, 1.807) is 23.9 Å². The zero-order valence-electron chi connectivity index (χ0n) is 32.3. The number of carbonyl (C=O) groups excluding carboxylic acids is 2. The number of fused-ring (bicyclic) bond motifs is 2. The van der Waals surface area contributed by atoms with Crippen LogP contribution in [0.25, 0.3) is 0 Å². The van der Waals surface area contributed by atoms with E-state index in [0.717, 1.165) is 47.4 Å². The van der Waals surface area contributed by atoms with Gasteiger partial charge in [-0.2, -0.15) is 0 Å². The van der Waals surface area contributed by atoms with Crippen molar-refractivity contribution in [2.75, 3.05) is 31.7 Å². The van der Waals surface area contributed by atoms with Gasteiger partial charge in [-0.15, -0.1) is 18.3 Å². The van der Waals surface area contributed by atoms with Gasteiger partial charge in [0.1, 0.15) is 17.1 Å². The molecule has 11 nitrogen and oxygen atoms in total. The van der Waals surface area contributed by atoms with Crippen LogP contribution in [0.1, 0.15) is 91.0 Å². The molecular formula is C42H57N3O8S. The van der Waals surface area contributed by atoms with E-state index in [2.05, 4.69) is 23.3 Å². The number of unbranched alkanes of at least 4 members (excludes halogenated alkanes) is 2. The van der Waals surface area contributed by atoms with Crippen LogP contribution in [-0.2, 0) is 14.4 Å². The molecule has 5 rings (SSSR count). The molecular weight excluding hydrogens is 707 g/mol. The zero-order valence-corrected chi connectivity index (χ0v) is 33.1. The predicted octanol–water partition coefficient (Wildman–Crippen LogP) is 7.98. The van der Waals surface area contributed by atoms with Crippen LogP contribution in [0.15, 0.2) is 76.8 Å². The Morgan fingerprint density at radius 2 is 1.80 bits per heavy atom. The second-order valence-corrected chi connectivity index (χ2v) is 16.5. The van der Waals surface area contributed by atoms with Crippen LogP contribution in [0.2, 0.25) is 0 Å². The fraction of sp³-hybridized carbons (Fsp3) is 0.548. The van der Waals surface area contributed by atoms with Crippen molar-refractivity contribution in [3.8, 4) is 11.5 Å². The average Bonchev–Trinajstić information content (AvgIpc) is 3.12. The third-order valence-electron chi connectivity index (χ3n) is 10.0. The summed E-state index contributed by atoms with van der Waals surface area (Å²) in [6.45, 7) is 14.2. The molecule has 0 unspecified atom stereocenters. The maximum Gasteiger partial charge on any atom is 0.412 e. The first kappa shape index (κ1) is 41.3. The fourth-order valence-electron chi connectivity index (χ4n) is 7.95. The third kappa shape index (κ3) is 9.87. The summed E-state index contributed by atoms with van der Waals surface area (Å²) in [7, 11) is 0. The number of aliphatic hydroxyl groups excluding tert-OH is 2. The number of carbonyl (C=O) groups is 2. The SMILES string of the molecule is C=CCO[C@@]12Oc3ccc(OC(=O)NCC)cc3[C@H]3[C@H](CCCCO)[C@@H](CCCCO)C=C(C(=NOC(C)(C)C)C[C@@H]1Sc1ccc(NC(C)=O)cc1)[C@H]32. The minimum atomic E-state index is -1.17. The van der Waals surface area contributed by atoms with Crippen molar-refractivity contribution in [2.24, 2.45) is 22.9 Å². The smallest absolute Gasteiger partial charge is 0.412 e. The first-order chi connectivity index (χ1) is 25.9. The number of rotatable bonds is 17. The Balaban J connectivity index is 1.73. The number of hydrogen-bond acceptors (Lipinski definition) is 10. The summed E-state index contributed by atoms with van der Waals surface area (Å²) in [4.78, 5) is 31.5. The van der Waals surface area contributed by atoms with Crippen molar-refractivity contribution in [3.05, 3.63) is 72.3 Å². The Morgan fingerprint density at radius 1 is 1.07 bits per heavy atom. The standard InChI is InChI=1S/C42H57N3O8S/c1-7-23-50-42-37(54-31-18-15-29(16-19-31)44-27(3)48)26-35(45-53-41(4,5)6)33-24-28(13-9-11-21-46)32(14-10-12-22-47)38(39(33)42)34-25-30(17-20-36(34)52-42)51-40(49)43-8-2/h7,15-20,24-25,28,32,37-39,46-47H,1,8-14,21-23,26H2,2-6H3,(H,43,49)(H,44,48)/t28-,32+,37-,38+,39+,42+/m0/s1. The molecule has 1 fully saturated rings. The van der Waals surface area contributed by atoms with Crippen LogP contribution >= 0.6 is 11.8 Å². The monoisotopic (exact) mass is 763 g/mol. The predicted molar refractivity (Wildman–Crippen MR) is 212 cm³/mol. The lowest BCUT2D eigenvalue weighted by atomic mass is 9.56. The fourth-order valence-corrected chi connectivity index (χ4v) is 9.24. The number of allylic oxidation sites excluding steroid dienone is 1. The molecule has 3 aliphatic rings. The van der Waals surface area contributed by atoms with Crippen molar-refractivity contribution >= 4 is 35.2 Å². The van der Waals surface area contributed by atoms with Crippen LogP contribution in [0.4, 0.5) is 10.5 Å². The number of benzene rings is 2. The maximum atomic E-state index is 12.6. The molecule has 294 valence electrons. The number of amides is 2. The highest BCUT2D eigenvalue weighted by atomic mass is 32.2. The molecule has 0 spiro atoms. The van der Waals surface area contributed by atoms with E-state index >= 15 is 0 Å². The van der Waals surface area contributed by atoms with Gasteiger partial charge in [0.15, 0.2) is 0 Å². The van der Waals surface area contributed by atoms with E-state index in [1.807, 2.05) is 64.1 Å². The molecule has 0 saturated heterocycles. The summed E-state index contributed by atoms with van der Waals surface area (Å²) < 4.78 is 20.0. The van der Waals surface area contributed by atoms with Crippen molar-refractivity contribution in [3.63, 3.8) is 0 Å². The highest BCUT2D eigenvalue weighted by Crippen LogP contribution is 2.63. The van der Waals surface area contributed by atoms with Gasteiger partial charge >= 0.3 is 6.09 Å². The normalized spacial score (nSPS) is 25.1. The minimum absolute atomic E-state index is 0.101. The first-order valence-corrected chi connectivity index (χ1v) is 20.1. The van der Waals surface area contributed by atoms with Gasteiger partial charge in [0.25, 0.3) is 0 Å². The van der Waals surface area contributed by atoms with Crippen LogP contribution in [0.5, 0.6) is 11.5 Å². The van der Waals surface area contributed by atoms with E-state index in [0.29, 0.717) is 43.0 Å². The highest BCUT2D eigenvalue weighted by molar-refractivity contribution is 8.00. The molecule has 0 aromatic heterocycles. The molecule has 54 heavy (non-hydrogen) atoms. The summed E-state index contributed by atoms with van der Waals surface area (Å²) >= 11 is 1.64. The van der Waals surface area contributed by atoms with E-state index in [9.17, 15) is 19.8 Å². The van der Waals surface area contributed by atoms with Crippen LogP contribution < -0.4 is 20.1 Å². The summed E-state index contributed by atoms with van der Waals surface area (Å²) in [5, 5.41) is 29.8. The van der Waals surface area contributed by atoms with E-state index in [4.69, 9.17) is 24.2 Å². The summed E-state index contributed by atoms with van der Waals surface area (Å²) in [5.41, 5.74) is 2.93. The Kier molecular flexibility index (Phi) is 14.3. The number of anilines is 1. The van der Waals surface area contributed by atoms with Crippen LogP contribution in [0, 0.1) is 17.8 Å². The number of nitrogens with zero attached hydrogens (tertiary/aromatic N) is 1. The third-order valence-corrected chi connectivity index (χ3v) is 11.4. The molecule has 6 atom stereocenters. The molecule has 0 bridgehead atoms. The minimum Gasteiger partial charge on any atom is -0.460 e. The topological polar surface area (TPSA) is 148 Å². The maximum absolute atomic E-state index is 12.6.